The number of hydrogen-bond donors (Lipinski definition) is 1. The second-order valence-electron chi connectivity index (χ2n) is 5.22. The van der Waals surface area contributed by atoms with Crippen molar-refractivity contribution in [2.24, 2.45) is 0 Å². The van der Waals surface area contributed by atoms with Crippen LogP contribution in [0.3, 0.4) is 0 Å². The number of aromatic nitrogens is 2. The molecule has 3 nitrogen and oxygen atoms in total. The van der Waals surface area contributed by atoms with Crippen LogP contribution in [0, 0.1) is 13.8 Å². The second-order valence-corrected chi connectivity index (χ2v) is 6.26. The van der Waals surface area contributed by atoms with Crippen LogP contribution in [0.4, 0.5) is 0 Å². The molecule has 0 fully saturated rings. The van der Waals surface area contributed by atoms with E-state index in [0.29, 0.717) is 6.04 Å². The van der Waals surface area contributed by atoms with Gasteiger partial charge in [0, 0.05) is 24.2 Å². The van der Waals surface area contributed by atoms with Crippen LogP contribution in [0.25, 0.3) is 0 Å². The maximum absolute atomic E-state index is 4.34. The maximum atomic E-state index is 4.34. The van der Waals surface area contributed by atoms with Gasteiger partial charge in [-0.3, -0.25) is 4.98 Å². The van der Waals surface area contributed by atoms with Crippen molar-refractivity contribution in [3.63, 3.8) is 0 Å². The Morgan fingerprint density at radius 3 is 2.81 bits per heavy atom. The molecule has 0 aliphatic rings. The molecule has 112 valence electrons. The molecule has 0 radical (unpaired) electrons. The Balaban J connectivity index is 2.12. The molecule has 1 aromatic heterocycles. The summed E-state index contributed by atoms with van der Waals surface area (Å²) >= 11 is 1.75. The second kappa shape index (κ2) is 8.15. The highest BCUT2D eigenvalue weighted by Gasteiger charge is 2.14. The average Bonchev–Trinajstić information content (AvgIpc) is 2.51. The lowest BCUT2D eigenvalue weighted by Gasteiger charge is -2.21. The first-order valence-corrected chi connectivity index (χ1v) is 8.38. The molecule has 0 aliphatic carbocycles. The summed E-state index contributed by atoms with van der Waals surface area (Å²) in [5, 5.41) is 4.63. The molecule has 0 amide bonds. The maximum Gasteiger partial charge on any atom is 0.114 e. The molecule has 0 saturated heterocycles. The first-order valence-electron chi connectivity index (χ1n) is 7.40. The van der Waals surface area contributed by atoms with E-state index in [1.165, 1.54) is 16.7 Å². The van der Waals surface area contributed by atoms with Gasteiger partial charge in [0.2, 0.25) is 0 Å². The van der Waals surface area contributed by atoms with Crippen LogP contribution >= 0.6 is 11.8 Å². The van der Waals surface area contributed by atoms with Gasteiger partial charge in [-0.2, -0.15) is 0 Å². The normalized spacial score (nSPS) is 12.3. The Morgan fingerprint density at radius 2 is 2.10 bits per heavy atom. The SMILES string of the molecule is CCCNC(CSc1cnccn1)c1cc(C)ccc1C. The molecule has 2 rings (SSSR count). The Morgan fingerprint density at radius 1 is 1.24 bits per heavy atom. The van der Waals surface area contributed by atoms with Gasteiger partial charge in [0.15, 0.2) is 0 Å². The van der Waals surface area contributed by atoms with E-state index in [0.717, 1.165) is 23.7 Å². The van der Waals surface area contributed by atoms with Crippen molar-refractivity contribution in [2.45, 2.75) is 38.3 Å². The Kier molecular flexibility index (Phi) is 6.21. The van der Waals surface area contributed by atoms with Crippen molar-refractivity contribution in [3.05, 3.63) is 53.5 Å². The molecule has 0 spiro atoms. The lowest BCUT2D eigenvalue weighted by molar-refractivity contribution is 0.574. The van der Waals surface area contributed by atoms with Gasteiger partial charge in [0.1, 0.15) is 5.03 Å². The summed E-state index contributed by atoms with van der Waals surface area (Å²) in [6.45, 7) is 7.56. The molecule has 1 N–H and O–H groups in total. The Labute approximate surface area is 131 Å². The van der Waals surface area contributed by atoms with Gasteiger partial charge < -0.3 is 5.32 Å². The summed E-state index contributed by atoms with van der Waals surface area (Å²) in [5.41, 5.74) is 4.04. The van der Waals surface area contributed by atoms with Crippen molar-refractivity contribution in [1.82, 2.24) is 15.3 Å². The first-order chi connectivity index (χ1) is 10.2. The van der Waals surface area contributed by atoms with Gasteiger partial charge in [0.25, 0.3) is 0 Å². The molecule has 1 unspecified atom stereocenters. The Bertz CT molecular complexity index is 557. The minimum Gasteiger partial charge on any atom is -0.309 e. The van der Waals surface area contributed by atoms with E-state index in [4.69, 9.17) is 0 Å². The van der Waals surface area contributed by atoms with Crippen molar-refractivity contribution >= 4 is 11.8 Å². The van der Waals surface area contributed by atoms with E-state index in [9.17, 15) is 0 Å². The summed E-state index contributed by atoms with van der Waals surface area (Å²) in [6.07, 6.45) is 6.41. The van der Waals surface area contributed by atoms with E-state index in [2.05, 4.69) is 54.3 Å². The third kappa shape index (κ3) is 4.83. The lowest BCUT2D eigenvalue weighted by Crippen LogP contribution is -2.25. The molecule has 2 aromatic rings. The third-order valence-electron chi connectivity index (χ3n) is 3.39. The molecule has 21 heavy (non-hydrogen) atoms. The largest absolute Gasteiger partial charge is 0.309 e. The van der Waals surface area contributed by atoms with Gasteiger partial charge in [-0.1, -0.05) is 30.7 Å². The summed E-state index contributed by atoms with van der Waals surface area (Å²) < 4.78 is 0. The monoisotopic (exact) mass is 301 g/mol. The number of nitrogens with one attached hydrogen (secondary N) is 1. The first kappa shape index (κ1) is 16.0. The fourth-order valence-electron chi connectivity index (χ4n) is 2.24. The van der Waals surface area contributed by atoms with E-state index in [1.807, 2.05) is 6.20 Å². The highest BCUT2D eigenvalue weighted by atomic mass is 32.2. The van der Waals surface area contributed by atoms with Crippen molar-refractivity contribution in [3.8, 4) is 0 Å². The third-order valence-corrected chi connectivity index (χ3v) is 4.39. The lowest BCUT2D eigenvalue weighted by atomic mass is 10.00. The fraction of sp³-hybridized carbons (Fsp3) is 0.412. The van der Waals surface area contributed by atoms with Crippen LogP contribution in [0.5, 0.6) is 0 Å². The van der Waals surface area contributed by atoms with Crippen LogP contribution in [-0.4, -0.2) is 22.3 Å². The van der Waals surface area contributed by atoms with Gasteiger partial charge in [-0.05, 0) is 37.9 Å². The zero-order valence-corrected chi connectivity index (χ0v) is 13.8. The summed E-state index contributed by atoms with van der Waals surface area (Å²) in [6, 6.07) is 7.01. The predicted octanol–water partition coefficient (Wildman–Crippen LogP) is 3.93. The van der Waals surface area contributed by atoms with E-state index < -0.39 is 0 Å². The topological polar surface area (TPSA) is 37.8 Å². The van der Waals surface area contributed by atoms with Crippen molar-refractivity contribution < 1.29 is 0 Å². The summed E-state index contributed by atoms with van der Waals surface area (Å²) in [4.78, 5) is 8.46. The number of thioether (sulfide) groups is 1. The average molecular weight is 301 g/mol. The zero-order valence-electron chi connectivity index (χ0n) is 13.0. The zero-order chi connectivity index (χ0) is 15.1. The van der Waals surface area contributed by atoms with Gasteiger partial charge in [0.05, 0.1) is 6.20 Å². The van der Waals surface area contributed by atoms with Gasteiger partial charge in [-0.25, -0.2) is 4.98 Å². The number of hydrogen-bond acceptors (Lipinski definition) is 4. The molecule has 1 aromatic carbocycles. The number of benzene rings is 1. The minimum absolute atomic E-state index is 0.344. The van der Waals surface area contributed by atoms with Crippen LogP contribution in [0.1, 0.15) is 36.1 Å². The Hall–Kier alpha value is -1.39. The van der Waals surface area contributed by atoms with Crippen molar-refractivity contribution in [2.75, 3.05) is 12.3 Å². The van der Waals surface area contributed by atoms with Crippen LogP contribution in [0.2, 0.25) is 0 Å². The number of nitrogens with zero attached hydrogens (tertiary/aromatic N) is 2. The van der Waals surface area contributed by atoms with Crippen LogP contribution in [0.15, 0.2) is 41.8 Å². The van der Waals surface area contributed by atoms with E-state index in [1.54, 1.807) is 24.2 Å². The van der Waals surface area contributed by atoms with Crippen LogP contribution in [-0.2, 0) is 0 Å². The van der Waals surface area contributed by atoms with E-state index >= 15 is 0 Å². The molecular formula is C17H23N3S. The fourth-order valence-corrected chi connectivity index (χ4v) is 3.15. The molecule has 4 heteroatoms. The number of rotatable bonds is 7. The molecular weight excluding hydrogens is 278 g/mol. The molecule has 1 atom stereocenters. The summed E-state index contributed by atoms with van der Waals surface area (Å²) in [5.74, 6) is 0.961. The standard InChI is InChI=1S/C17H23N3S/c1-4-7-19-16(12-21-17-11-18-8-9-20-17)15-10-13(2)5-6-14(15)3/h5-6,8-11,16,19H,4,7,12H2,1-3H3. The van der Waals surface area contributed by atoms with Crippen molar-refractivity contribution in [1.29, 1.82) is 0 Å². The highest BCUT2D eigenvalue weighted by molar-refractivity contribution is 7.99. The smallest absolute Gasteiger partial charge is 0.114 e. The molecule has 0 bridgehead atoms. The van der Waals surface area contributed by atoms with E-state index in [-0.39, 0.29) is 0 Å². The van der Waals surface area contributed by atoms with Crippen LogP contribution < -0.4 is 5.32 Å². The quantitative estimate of drug-likeness (QED) is 0.786. The predicted molar refractivity (Wildman–Crippen MR) is 89.7 cm³/mol. The summed E-state index contributed by atoms with van der Waals surface area (Å²) in [7, 11) is 0. The highest BCUT2D eigenvalue weighted by Crippen LogP contribution is 2.26. The molecule has 0 aliphatic heterocycles. The van der Waals surface area contributed by atoms with Gasteiger partial charge >= 0.3 is 0 Å². The van der Waals surface area contributed by atoms with Gasteiger partial charge in [-0.15, -0.1) is 11.8 Å². The molecule has 1 heterocycles. The molecule has 0 saturated carbocycles. The minimum atomic E-state index is 0.344. The number of aryl methyl sites for hydroxylation is 2.